The van der Waals surface area contributed by atoms with Crippen LogP contribution in [0, 0.1) is 5.92 Å². The van der Waals surface area contributed by atoms with E-state index >= 15 is 0 Å². The molecular formula is C15H19NO5. The first kappa shape index (κ1) is 15.2. The Morgan fingerprint density at radius 3 is 2.43 bits per heavy atom. The average molecular weight is 293 g/mol. The van der Waals surface area contributed by atoms with Gasteiger partial charge in [-0.15, -0.1) is 0 Å². The summed E-state index contributed by atoms with van der Waals surface area (Å²) in [6.07, 6.45) is 2.36. The van der Waals surface area contributed by atoms with Crippen LogP contribution in [-0.2, 0) is 4.79 Å². The van der Waals surface area contributed by atoms with Crippen LogP contribution in [0.15, 0.2) is 18.2 Å². The molecule has 21 heavy (non-hydrogen) atoms. The van der Waals surface area contributed by atoms with Gasteiger partial charge in [-0.3, -0.25) is 9.59 Å². The Labute approximate surface area is 122 Å². The fourth-order valence-electron chi connectivity index (χ4n) is 2.62. The molecule has 1 amide bonds. The second-order valence-corrected chi connectivity index (χ2v) is 5.37. The number of hydrogen-bond acceptors (Lipinski definition) is 4. The van der Waals surface area contributed by atoms with Gasteiger partial charge >= 0.3 is 5.97 Å². The molecule has 1 aromatic rings. The molecule has 1 fully saturated rings. The minimum atomic E-state index is -0.789. The number of rotatable bonds is 4. The number of carboxylic acids is 1. The van der Waals surface area contributed by atoms with Crippen LogP contribution < -0.4 is 0 Å². The number of nitrogens with zero attached hydrogens (tertiary/aromatic N) is 1. The van der Waals surface area contributed by atoms with Crippen LogP contribution in [0.25, 0.3) is 0 Å². The summed E-state index contributed by atoms with van der Waals surface area (Å²) in [6, 6.07) is 3.92. The van der Waals surface area contributed by atoms with Crippen molar-refractivity contribution in [1.29, 1.82) is 0 Å². The lowest BCUT2D eigenvalue weighted by atomic mass is 9.92. The number of benzene rings is 1. The molecule has 0 unspecified atom stereocenters. The molecule has 0 aliphatic carbocycles. The van der Waals surface area contributed by atoms with Gasteiger partial charge in [0.25, 0.3) is 5.91 Å². The zero-order chi connectivity index (χ0) is 15.4. The molecule has 0 aromatic heterocycles. The SMILES string of the molecule is O=C(O)CCC1CCN(C(=O)c2ccc(O)cc2O)CC1. The van der Waals surface area contributed by atoms with E-state index in [0.29, 0.717) is 25.4 Å². The van der Waals surface area contributed by atoms with Gasteiger partial charge in [0.15, 0.2) is 0 Å². The molecule has 1 aromatic carbocycles. The molecule has 0 radical (unpaired) electrons. The second kappa shape index (κ2) is 6.47. The maximum Gasteiger partial charge on any atom is 0.303 e. The normalized spacial score (nSPS) is 15.9. The van der Waals surface area contributed by atoms with Crippen molar-refractivity contribution in [2.24, 2.45) is 5.92 Å². The Balaban J connectivity index is 1.92. The number of hydrogen-bond donors (Lipinski definition) is 3. The average Bonchev–Trinajstić information content (AvgIpc) is 2.45. The number of aliphatic carboxylic acids is 1. The van der Waals surface area contributed by atoms with E-state index in [9.17, 15) is 19.8 Å². The third kappa shape index (κ3) is 3.87. The molecule has 0 atom stereocenters. The first-order chi connectivity index (χ1) is 9.97. The van der Waals surface area contributed by atoms with E-state index in [0.717, 1.165) is 18.9 Å². The monoisotopic (exact) mass is 293 g/mol. The Hall–Kier alpha value is -2.24. The van der Waals surface area contributed by atoms with Crippen molar-refractivity contribution in [2.45, 2.75) is 25.7 Å². The van der Waals surface area contributed by atoms with E-state index < -0.39 is 5.97 Å². The van der Waals surface area contributed by atoms with Crippen molar-refractivity contribution in [3.05, 3.63) is 23.8 Å². The second-order valence-electron chi connectivity index (χ2n) is 5.37. The van der Waals surface area contributed by atoms with E-state index in [2.05, 4.69) is 0 Å². The minimum Gasteiger partial charge on any atom is -0.508 e. The van der Waals surface area contributed by atoms with Gasteiger partial charge in [-0.25, -0.2) is 0 Å². The molecule has 1 aliphatic heterocycles. The fourth-order valence-corrected chi connectivity index (χ4v) is 2.62. The van der Waals surface area contributed by atoms with Gasteiger partial charge in [-0.2, -0.15) is 0 Å². The van der Waals surface area contributed by atoms with Gasteiger partial charge in [0.1, 0.15) is 11.5 Å². The zero-order valence-electron chi connectivity index (χ0n) is 11.7. The Kier molecular flexibility index (Phi) is 4.67. The predicted octanol–water partition coefficient (Wildman–Crippen LogP) is 1.81. The molecular weight excluding hydrogens is 274 g/mol. The van der Waals surface area contributed by atoms with Crippen molar-refractivity contribution in [2.75, 3.05) is 13.1 Å². The van der Waals surface area contributed by atoms with Crippen LogP contribution in [0.3, 0.4) is 0 Å². The van der Waals surface area contributed by atoms with Crippen molar-refractivity contribution >= 4 is 11.9 Å². The third-order valence-electron chi connectivity index (χ3n) is 3.88. The Morgan fingerprint density at radius 1 is 1.19 bits per heavy atom. The van der Waals surface area contributed by atoms with E-state index in [1.807, 2.05) is 0 Å². The van der Waals surface area contributed by atoms with Crippen LogP contribution in [0.1, 0.15) is 36.0 Å². The molecule has 1 aliphatic rings. The topological polar surface area (TPSA) is 98.1 Å². The lowest BCUT2D eigenvalue weighted by molar-refractivity contribution is -0.137. The van der Waals surface area contributed by atoms with Gasteiger partial charge < -0.3 is 20.2 Å². The van der Waals surface area contributed by atoms with E-state index in [1.165, 1.54) is 12.1 Å². The molecule has 114 valence electrons. The van der Waals surface area contributed by atoms with Crippen molar-refractivity contribution in [1.82, 2.24) is 4.90 Å². The number of carbonyl (C=O) groups is 2. The van der Waals surface area contributed by atoms with Crippen LogP contribution >= 0.6 is 0 Å². The van der Waals surface area contributed by atoms with Gasteiger partial charge in [-0.05, 0) is 37.3 Å². The van der Waals surface area contributed by atoms with E-state index in [-0.39, 0.29) is 29.4 Å². The summed E-state index contributed by atoms with van der Waals surface area (Å²) in [5.74, 6) is -1.03. The molecule has 0 bridgehead atoms. The molecule has 6 nitrogen and oxygen atoms in total. The summed E-state index contributed by atoms with van der Waals surface area (Å²) in [7, 11) is 0. The Morgan fingerprint density at radius 2 is 1.86 bits per heavy atom. The number of phenolic OH excluding ortho intramolecular Hbond substituents is 2. The highest BCUT2D eigenvalue weighted by Gasteiger charge is 2.25. The summed E-state index contributed by atoms with van der Waals surface area (Å²) in [6.45, 7) is 1.12. The first-order valence-electron chi connectivity index (χ1n) is 7.00. The molecule has 6 heteroatoms. The van der Waals surface area contributed by atoms with E-state index in [4.69, 9.17) is 5.11 Å². The van der Waals surface area contributed by atoms with Crippen LogP contribution in [0.4, 0.5) is 0 Å². The van der Waals surface area contributed by atoms with Crippen molar-refractivity contribution < 1.29 is 24.9 Å². The summed E-state index contributed by atoms with van der Waals surface area (Å²) >= 11 is 0. The Bertz CT molecular complexity index is 535. The quantitative estimate of drug-likeness (QED) is 0.786. The van der Waals surface area contributed by atoms with Gasteiger partial charge in [-0.1, -0.05) is 0 Å². The minimum absolute atomic E-state index is 0.0866. The number of carbonyl (C=O) groups excluding carboxylic acids is 1. The smallest absolute Gasteiger partial charge is 0.303 e. The fraction of sp³-hybridized carbons (Fsp3) is 0.467. The molecule has 1 heterocycles. The molecule has 1 saturated heterocycles. The highest BCUT2D eigenvalue weighted by atomic mass is 16.4. The number of aromatic hydroxyl groups is 2. The maximum atomic E-state index is 12.3. The number of carboxylic acid groups (broad SMARTS) is 1. The van der Waals surface area contributed by atoms with Crippen molar-refractivity contribution in [3.63, 3.8) is 0 Å². The molecule has 0 spiro atoms. The number of piperidine rings is 1. The predicted molar refractivity (Wildman–Crippen MR) is 75.3 cm³/mol. The van der Waals surface area contributed by atoms with Crippen LogP contribution in [-0.4, -0.2) is 45.2 Å². The summed E-state index contributed by atoms with van der Waals surface area (Å²) in [5.41, 5.74) is 0.178. The third-order valence-corrected chi connectivity index (χ3v) is 3.88. The zero-order valence-corrected chi connectivity index (χ0v) is 11.7. The lowest BCUT2D eigenvalue weighted by Gasteiger charge is -2.32. The summed E-state index contributed by atoms with van der Waals surface area (Å²) in [4.78, 5) is 24.5. The highest BCUT2D eigenvalue weighted by Crippen LogP contribution is 2.27. The summed E-state index contributed by atoms with van der Waals surface area (Å²) < 4.78 is 0. The lowest BCUT2D eigenvalue weighted by Crippen LogP contribution is -2.38. The molecule has 3 N–H and O–H groups in total. The molecule has 0 saturated carbocycles. The van der Waals surface area contributed by atoms with E-state index in [1.54, 1.807) is 4.90 Å². The van der Waals surface area contributed by atoms with Gasteiger partial charge in [0, 0.05) is 25.6 Å². The number of amides is 1. The largest absolute Gasteiger partial charge is 0.508 e. The molecule has 2 rings (SSSR count). The standard InChI is InChI=1S/C15H19NO5/c17-11-2-3-12(13(18)9-11)15(21)16-7-5-10(6-8-16)1-4-14(19)20/h2-3,9-10,17-18H,1,4-8H2,(H,19,20). The number of likely N-dealkylation sites (tertiary alicyclic amines) is 1. The number of phenols is 2. The van der Waals surface area contributed by atoms with Crippen LogP contribution in [0.2, 0.25) is 0 Å². The van der Waals surface area contributed by atoms with Crippen molar-refractivity contribution in [3.8, 4) is 11.5 Å². The first-order valence-corrected chi connectivity index (χ1v) is 7.00. The highest BCUT2D eigenvalue weighted by molar-refractivity contribution is 5.97. The maximum absolute atomic E-state index is 12.3. The van der Waals surface area contributed by atoms with Gasteiger partial charge in [0.05, 0.1) is 5.56 Å². The summed E-state index contributed by atoms with van der Waals surface area (Å²) in [5, 5.41) is 27.6. The van der Waals surface area contributed by atoms with Gasteiger partial charge in [0.2, 0.25) is 0 Å². The van der Waals surface area contributed by atoms with Crippen LogP contribution in [0.5, 0.6) is 11.5 Å².